The number of amides is 1. The Morgan fingerprint density at radius 2 is 2.17 bits per heavy atom. The van der Waals surface area contributed by atoms with Gasteiger partial charge < -0.3 is 15.8 Å². The van der Waals surface area contributed by atoms with Gasteiger partial charge in [-0.05, 0) is 32.0 Å². The van der Waals surface area contributed by atoms with Crippen molar-refractivity contribution in [2.45, 2.75) is 13.8 Å². The van der Waals surface area contributed by atoms with Crippen molar-refractivity contribution in [2.75, 3.05) is 17.7 Å². The van der Waals surface area contributed by atoms with E-state index in [0.717, 1.165) is 15.8 Å². The molecule has 0 unspecified atom stereocenters. The number of ether oxygens (including phenoxy) is 1. The number of aryl methyl sites for hydroxylation is 1. The van der Waals surface area contributed by atoms with Crippen LogP contribution in [0.3, 0.4) is 0 Å². The normalized spacial score (nSPS) is 10.7. The number of aromatic nitrogens is 1. The first-order valence-corrected chi connectivity index (χ1v) is 8.09. The first kappa shape index (κ1) is 15.3. The molecule has 5 nitrogen and oxygen atoms in total. The molecule has 0 saturated carbocycles. The fourth-order valence-corrected chi connectivity index (χ4v) is 3.13. The largest absolute Gasteiger partial charge is 0.491 e. The van der Waals surface area contributed by atoms with Crippen LogP contribution < -0.4 is 15.8 Å². The van der Waals surface area contributed by atoms with Crippen LogP contribution in [0.25, 0.3) is 10.2 Å². The highest BCUT2D eigenvalue weighted by molar-refractivity contribution is 7.22. The number of hydrogen-bond acceptors (Lipinski definition) is 5. The number of nitrogens with one attached hydrogen (secondary N) is 1. The highest BCUT2D eigenvalue weighted by atomic mass is 32.1. The summed E-state index contributed by atoms with van der Waals surface area (Å²) >= 11 is 1.37. The summed E-state index contributed by atoms with van der Waals surface area (Å²) in [4.78, 5) is 16.7. The minimum absolute atomic E-state index is 0.159. The maximum absolute atomic E-state index is 12.4. The zero-order valence-corrected chi connectivity index (χ0v) is 13.7. The van der Waals surface area contributed by atoms with E-state index in [9.17, 15) is 4.79 Å². The number of rotatable bonds is 4. The topological polar surface area (TPSA) is 77.2 Å². The number of nitrogens with zero attached hydrogens (tertiary/aromatic N) is 1. The monoisotopic (exact) mass is 327 g/mol. The van der Waals surface area contributed by atoms with Crippen molar-refractivity contribution in [3.63, 3.8) is 0 Å². The second-order valence-electron chi connectivity index (χ2n) is 5.13. The highest BCUT2D eigenvalue weighted by Crippen LogP contribution is 2.34. The summed E-state index contributed by atoms with van der Waals surface area (Å²) < 4.78 is 6.50. The van der Waals surface area contributed by atoms with Crippen LogP contribution in [0.15, 0.2) is 36.4 Å². The summed E-state index contributed by atoms with van der Waals surface area (Å²) in [5.74, 6) is 0.463. The SMILES string of the molecule is CCOc1cc(NC(=O)c2cccc(C)c2)cc2sc(N)nc12. The Bertz CT molecular complexity index is 873. The number of carbonyl (C=O) groups is 1. The number of benzene rings is 2. The van der Waals surface area contributed by atoms with Crippen molar-refractivity contribution >= 4 is 38.3 Å². The van der Waals surface area contributed by atoms with E-state index >= 15 is 0 Å². The molecule has 0 radical (unpaired) electrons. The zero-order chi connectivity index (χ0) is 16.4. The van der Waals surface area contributed by atoms with Crippen LogP contribution in [-0.4, -0.2) is 17.5 Å². The van der Waals surface area contributed by atoms with E-state index in [1.807, 2.05) is 38.1 Å². The lowest BCUT2D eigenvalue weighted by molar-refractivity contribution is 0.102. The third-order valence-corrected chi connectivity index (χ3v) is 4.15. The van der Waals surface area contributed by atoms with E-state index < -0.39 is 0 Å². The zero-order valence-electron chi connectivity index (χ0n) is 12.9. The van der Waals surface area contributed by atoms with Gasteiger partial charge in [-0.2, -0.15) is 0 Å². The van der Waals surface area contributed by atoms with Crippen LogP contribution in [0.4, 0.5) is 10.8 Å². The van der Waals surface area contributed by atoms with Gasteiger partial charge in [0.05, 0.1) is 11.3 Å². The number of nitrogen functional groups attached to an aromatic ring is 1. The number of nitrogens with two attached hydrogens (primary N) is 1. The Morgan fingerprint density at radius 3 is 2.91 bits per heavy atom. The van der Waals surface area contributed by atoms with Crippen molar-refractivity contribution < 1.29 is 9.53 Å². The summed E-state index contributed by atoms with van der Waals surface area (Å²) in [5, 5.41) is 3.38. The summed E-state index contributed by atoms with van der Waals surface area (Å²) in [7, 11) is 0. The van der Waals surface area contributed by atoms with Crippen molar-refractivity contribution in [3.8, 4) is 5.75 Å². The molecule has 0 aliphatic carbocycles. The van der Waals surface area contributed by atoms with E-state index in [4.69, 9.17) is 10.5 Å². The molecule has 0 bridgehead atoms. The highest BCUT2D eigenvalue weighted by Gasteiger charge is 2.13. The van der Waals surface area contributed by atoms with Gasteiger partial charge in [0, 0.05) is 17.3 Å². The van der Waals surface area contributed by atoms with Crippen molar-refractivity contribution in [1.29, 1.82) is 0 Å². The van der Waals surface area contributed by atoms with Crippen molar-refractivity contribution in [2.24, 2.45) is 0 Å². The number of anilines is 2. The predicted molar refractivity (Wildman–Crippen MR) is 94.3 cm³/mol. The van der Waals surface area contributed by atoms with Crippen LogP contribution >= 0.6 is 11.3 Å². The average molecular weight is 327 g/mol. The molecule has 3 aromatic rings. The number of thiazole rings is 1. The van der Waals surface area contributed by atoms with Gasteiger partial charge >= 0.3 is 0 Å². The summed E-state index contributed by atoms with van der Waals surface area (Å²) in [6.45, 7) is 4.37. The van der Waals surface area contributed by atoms with Crippen LogP contribution in [0.5, 0.6) is 5.75 Å². The maximum Gasteiger partial charge on any atom is 0.255 e. The van der Waals surface area contributed by atoms with Crippen LogP contribution in [0.2, 0.25) is 0 Å². The third kappa shape index (κ3) is 3.27. The molecule has 0 saturated heterocycles. The Hall–Kier alpha value is -2.60. The molecule has 1 amide bonds. The minimum Gasteiger partial charge on any atom is -0.491 e. The first-order chi connectivity index (χ1) is 11.1. The van der Waals surface area contributed by atoms with Gasteiger partial charge in [-0.3, -0.25) is 4.79 Å². The van der Waals surface area contributed by atoms with Crippen molar-refractivity contribution in [3.05, 3.63) is 47.5 Å². The lowest BCUT2D eigenvalue weighted by atomic mass is 10.1. The summed E-state index contributed by atoms with van der Waals surface area (Å²) in [6.07, 6.45) is 0. The molecule has 0 spiro atoms. The molecule has 3 rings (SSSR count). The lowest BCUT2D eigenvalue weighted by Gasteiger charge is -2.09. The first-order valence-electron chi connectivity index (χ1n) is 7.27. The van der Waals surface area contributed by atoms with E-state index in [2.05, 4.69) is 10.3 Å². The van der Waals surface area contributed by atoms with Gasteiger partial charge in [0.1, 0.15) is 11.3 Å². The maximum atomic E-state index is 12.4. The fourth-order valence-electron chi connectivity index (χ4n) is 2.34. The quantitative estimate of drug-likeness (QED) is 0.763. The molecule has 0 atom stereocenters. The second-order valence-corrected chi connectivity index (χ2v) is 6.19. The molecule has 0 aliphatic rings. The van der Waals surface area contributed by atoms with Crippen molar-refractivity contribution in [1.82, 2.24) is 4.98 Å². The number of fused-ring (bicyclic) bond motifs is 1. The predicted octanol–water partition coefficient (Wildman–Crippen LogP) is 3.84. The molecule has 0 fully saturated rings. The van der Waals surface area contributed by atoms with Gasteiger partial charge in [0.25, 0.3) is 5.91 Å². The molecular formula is C17H17N3O2S. The Kier molecular flexibility index (Phi) is 4.16. The molecule has 0 aliphatic heterocycles. The van der Waals surface area contributed by atoms with Crippen LogP contribution in [0.1, 0.15) is 22.8 Å². The Balaban J connectivity index is 1.94. The Labute approximate surface area is 138 Å². The summed E-state index contributed by atoms with van der Waals surface area (Å²) in [6, 6.07) is 11.1. The number of carbonyl (C=O) groups excluding carboxylic acids is 1. The smallest absolute Gasteiger partial charge is 0.255 e. The molecule has 3 N–H and O–H groups in total. The number of hydrogen-bond donors (Lipinski definition) is 2. The molecule has 1 aromatic heterocycles. The van der Waals surface area contributed by atoms with Gasteiger partial charge in [0.2, 0.25) is 0 Å². The lowest BCUT2D eigenvalue weighted by Crippen LogP contribution is -2.12. The van der Waals surface area contributed by atoms with E-state index in [-0.39, 0.29) is 5.91 Å². The van der Waals surface area contributed by atoms with E-state index in [1.54, 1.807) is 12.1 Å². The van der Waals surface area contributed by atoms with Gasteiger partial charge in [-0.1, -0.05) is 29.0 Å². The molecule has 2 aromatic carbocycles. The minimum atomic E-state index is -0.159. The fraction of sp³-hybridized carbons (Fsp3) is 0.176. The van der Waals surface area contributed by atoms with E-state index in [1.165, 1.54) is 11.3 Å². The van der Waals surface area contributed by atoms with E-state index in [0.29, 0.717) is 28.7 Å². The van der Waals surface area contributed by atoms with Gasteiger partial charge in [-0.25, -0.2) is 4.98 Å². The summed E-state index contributed by atoms with van der Waals surface area (Å²) in [5.41, 5.74) is 8.82. The molecule has 1 heterocycles. The standard InChI is InChI=1S/C17H17N3O2S/c1-3-22-13-8-12(9-14-15(13)20-17(18)23-14)19-16(21)11-6-4-5-10(2)7-11/h4-9H,3H2,1-2H3,(H2,18,20)(H,19,21). The Morgan fingerprint density at radius 1 is 1.35 bits per heavy atom. The van der Waals surface area contributed by atoms with Gasteiger partial charge in [0.15, 0.2) is 5.13 Å². The second kappa shape index (κ2) is 6.26. The molecule has 118 valence electrons. The van der Waals surface area contributed by atoms with Crippen LogP contribution in [-0.2, 0) is 0 Å². The molecule has 23 heavy (non-hydrogen) atoms. The average Bonchev–Trinajstić information content (AvgIpc) is 2.88. The molecule has 6 heteroatoms. The van der Waals surface area contributed by atoms with Crippen LogP contribution in [0, 0.1) is 6.92 Å². The van der Waals surface area contributed by atoms with Gasteiger partial charge in [-0.15, -0.1) is 0 Å². The third-order valence-electron chi connectivity index (χ3n) is 3.31. The molecular weight excluding hydrogens is 310 g/mol.